The van der Waals surface area contributed by atoms with Gasteiger partial charge in [-0.1, -0.05) is 15.9 Å². The van der Waals surface area contributed by atoms with E-state index in [2.05, 4.69) is 15.9 Å². The molecular weight excluding hydrogens is 314 g/mol. The number of rotatable bonds is 2. The molecule has 0 aromatic heterocycles. The topological polar surface area (TPSA) is 66.8 Å². The third-order valence-electron chi connectivity index (χ3n) is 2.97. The highest BCUT2D eigenvalue weighted by Crippen LogP contribution is 2.26. The minimum Gasteiger partial charge on any atom is -0.495 e. The summed E-state index contributed by atoms with van der Waals surface area (Å²) < 4.78 is 6.15. The van der Waals surface area contributed by atoms with Crippen molar-refractivity contribution in [1.29, 1.82) is 0 Å². The zero-order chi connectivity index (χ0) is 14.2. The smallest absolute Gasteiger partial charge is 0.412 e. The molecule has 0 saturated carbocycles. The van der Waals surface area contributed by atoms with Crippen molar-refractivity contribution in [2.45, 2.75) is 19.9 Å². The highest BCUT2D eigenvalue weighted by molar-refractivity contribution is 9.10. The van der Waals surface area contributed by atoms with Gasteiger partial charge in [-0.2, -0.15) is 0 Å². The van der Waals surface area contributed by atoms with Crippen molar-refractivity contribution in [3.63, 3.8) is 0 Å². The van der Waals surface area contributed by atoms with Crippen LogP contribution in [0, 0.1) is 0 Å². The summed E-state index contributed by atoms with van der Waals surface area (Å²) in [5.74, 6) is 2.33. The fourth-order valence-corrected chi connectivity index (χ4v) is 2.72. The molecule has 6 heteroatoms. The Morgan fingerprint density at radius 2 is 2.26 bits per heavy atom. The fraction of sp³-hybridized carbons (Fsp3) is 0.308. The SMILES string of the molecule is CCOC1=c2c(cc(Br)cc2=C=O)N(C(=O)O)C1C. The Morgan fingerprint density at radius 1 is 1.58 bits per heavy atom. The van der Waals surface area contributed by atoms with Crippen LogP contribution in [0.3, 0.4) is 0 Å². The average Bonchev–Trinajstić information content (AvgIpc) is 2.61. The minimum atomic E-state index is -1.08. The molecule has 19 heavy (non-hydrogen) atoms. The Morgan fingerprint density at radius 3 is 2.79 bits per heavy atom. The number of halogens is 1. The van der Waals surface area contributed by atoms with Crippen molar-refractivity contribution in [3.8, 4) is 0 Å². The first-order valence-electron chi connectivity index (χ1n) is 5.75. The molecule has 1 atom stereocenters. The third-order valence-corrected chi connectivity index (χ3v) is 3.43. The van der Waals surface area contributed by atoms with Crippen LogP contribution in [0.25, 0.3) is 5.76 Å². The second-order valence-electron chi connectivity index (χ2n) is 4.08. The van der Waals surface area contributed by atoms with Gasteiger partial charge in [0, 0.05) is 4.47 Å². The number of benzene rings is 1. The van der Waals surface area contributed by atoms with Crippen molar-refractivity contribution >= 4 is 39.4 Å². The quantitative estimate of drug-likeness (QED) is 0.880. The zero-order valence-electron chi connectivity index (χ0n) is 10.4. The molecule has 1 amide bonds. The molecule has 5 nitrogen and oxygen atoms in total. The molecule has 0 spiro atoms. The van der Waals surface area contributed by atoms with E-state index in [0.29, 0.717) is 33.0 Å². The summed E-state index contributed by atoms with van der Waals surface area (Å²) in [7, 11) is 0. The van der Waals surface area contributed by atoms with E-state index in [1.807, 2.05) is 12.9 Å². The van der Waals surface area contributed by atoms with Crippen LogP contribution in [0.4, 0.5) is 10.5 Å². The molecule has 1 aromatic rings. The molecule has 1 N–H and O–H groups in total. The summed E-state index contributed by atoms with van der Waals surface area (Å²) in [6, 6.07) is 2.80. The number of nitrogens with zero attached hydrogens (tertiary/aromatic N) is 1. The normalized spacial score (nSPS) is 17.1. The average molecular weight is 326 g/mol. The van der Waals surface area contributed by atoms with Gasteiger partial charge in [0.15, 0.2) is 0 Å². The van der Waals surface area contributed by atoms with Crippen LogP contribution in [0.5, 0.6) is 0 Å². The number of ether oxygens (including phenoxy) is 1. The van der Waals surface area contributed by atoms with Crippen molar-refractivity contribution < 1.29 is 19.4 Å². The van der Waals surface area contributed by atoms with Crippen molar-refractivity contribution in [2.75, 3.05) is 11.5 Å². The maximum Gasteiger partial charge on any atom is 0.412 e. The van der Waals surface area contributed by atoms with Gasteiger partial charge in [-0.3, -0.25) is 4.90 Å². The van der Waals surface area contributed by atoms with E-state index in [9.17, 15) is 14.7 Å². The lowest BCUT2D eigenvalue weighted by atomic mass is 10.2. The fourth-order valence-electron chi connectivity index (χ4n) is 2.27. The highest BCUT2D eigenvalue weighted by atomic mass is 79.9. The molecule has 0 fully saturated rings. The number of carbonyl (C=O) groups excluding carboxylic acids is 1. The molecule has 1 aromatic carbocycles. The van der Waals surface area contributed by atoms with E-state index in [1.54, 1.807) is 19.1 Å². The van der Waals surface area contributed by atoms with Gasteiger partial charge in [0.25, 0.3) is 0 Å². The van der Waals surface area contributed by atoms with Crippen LogP contribution in [-0.4, -0.2) is 29.8 Å². The van der Waals surface area contributed by atoms with E-state index < -0.39 is 12.1 Å². The number of anilines is 1. The Labute approximate surface area is 117 Å². The van der Waals surface area contributed by atoms with Crippen LogP contribution < -0.4 is 15.3 Å². The van der Waals surface area contributed by atoms with E-state index in [1.165, 1.54) is 4.90 Å². The number of fused-ring (bicyclic) bond motifs is 1. The monoisotopic (exact) mass is 325 g/mol. The van der Waals surface area contributed by atoms with E-state index in [-0.39, 0.29) is 0 Å². The summed E-state index contributed by atoms with van der Waals surface area (Å²) in [6.07, 6.45) is -1.08. The molecule has 1 aliphatic rings. The zero-order valence-corrected chi connectivity index (χ0v) is 12.0. The molecule has 100 valence electrons. The van der Waals surface area contributed by atoms with Gasteiger partial charge >= 0.3 is 6.09 Å². The lowest BCUT2D eigenvalue weighted by Crippen LogP contribution is -2.36. The Bertz CT molecular complexity index is 679. The predicted octanol–water partition coefficient (Wildman–Crippen LogP) is 0.983. The maximum absolute atomic E-state index is 11.4. The van der Waals surface area contributed by atoms with Crippen molar-refractivity contribution in [1.82, 2.24) is 0 Å². The van der Waals surface area contributed by atoms with Crippen LogP contribution >= 0.6 is 15.9 Å². The molecule has 0 radical (unpaired) electrons. The summed E-state index contributed by atoms with van der Waals surface area (Å²) in [4.78, 5) is 23.6. The van der Waals surface area contributed by atoms with E-state index in [0.717, 1.165) is 0 Å². The molecule has 0 saturated heterocycles. The Balaban J connectivity index is 2.88. The third kappa shape index (κ3) is 2.13. The molecule has 1 unspecified atom stereocenters. The van der Waals surface area contributed by atoms with Gasteiger partial charge in [-0.25, -0.2) is 9.59 Å². The van der Waals surface area contributed by atoms with Crippen LogP contribution in [0.15, 0.2) is 16.6 Å². The number of carbonyl (C=O) groups is 1. The molecule has 2 rings (SSSR count). The maximum atomic E-state index is 11.4. The van der Waals surface area contributed by atoms with Crippen molar-refractivity contribution in [2.24, 2.45) is 0 Å². The van der Waals surface area contributed by atoms with E-state index >= 15 is 0 Å². The van der Waals surface area contributed by atoms with Crippen LogP contribution in [-0.2, 0) is 9.53 Å². The first kappa shape index (κ1) is 13.6. The highest BCUT2D eigenvalue weighted by Gasteiger charge is 2.34. The van der Waals surface area contributed by atoms with Gasteiger partial charge < -0.3 is 9.84 Å². The first-order valence-corrected chi connectivity index (χ1v) is 6.54. The molecule has 0 bridgehead atoms. The van der Waals surface area contributed by atoms with Gasteiger partial charge in [0.05, 0.1) is 28.8 Å². The van der Waals surface area contributed by atoms with Crippen LogP contribution in [0.2, 0.25) is 0 Å². The molecule has 1 aliphatic heterocycles. The second kappa shape index (κ2) is 5.07. The minimum absolute atomic E-state index is 0.295. The Kier molecular flexibility index (Phi) is 3.64. The number of hydrogen-bond acceptors (Lipinski definition) is 3. The number of hydrogen-bond donors (Lipinski definition) is 1. The van der Waals surface area contributed by atoms with Crippen molar-refractivity contribution in [3.05, 3.63) is 27.0 Å². The molecular formula is C13H12BrNO4. The van der Waals surface area contributed by atoms with Gasteiger partial charge in [-0.05, 0) is 26.0 Å². The molecule has 0 aliphatic carbocycles. The van der Waals surface area contributed by atoms with E-state index in [4.69, 9.17) is 4.74 Å². The second-order valence-corrected chi connectivity index (χ2v) is 4.99. The largest absolute Gasteiger partial charge is 0.495 e. The standard InChI is InChI=1S/C13H12BrNO4/c1-3-19-12-7(2)15(13(17)18)10-5-9(14)4-8(6-16)11(10)12/h4-5,7H,3H2,1-2H3,(H,17,18). The van der Waals surface area contributed by atoms with Gasteiger partial charge in [0.1, 0.15) is 11.7 Å². The Hall–Kier alpha value is -1.78. The van der Waals surface area contributed by atoms with Gasteiger partial charge in [0.2, 0.25) is 0 Å². The summed E-state index contributed by atoms with van der Waals surface area (Å²) >= 11 is 3.26. The number of carboxylic acid groups (broad SMARTS) is 1. The predicted molar refractivity (Wildman–Crippen MR) is 73.2 cm³/mol. The molecule has 1 heterocycles. The lowest BCUT2D eigenvalue weighted by Gasteiger charge is -2.21. The number of amides is 1. The van der Waals surface area contributed by atoms with Gasteiger partial charge in [-0.15, -0.1) is 0 Å². The summed E-state index contributed by atoms with van der Waals surface area (Å²) in [5.41, 5.74) is 0.441. The first-order chi connectivity index (χ1) is 9.01. The lowest BCUT2D eigenvalue weighted by molar-refractivity contribution is 0.199. The van der Waals surface area contributed by atoms with Crippen LogP contribution in [0.1, 0.15) is 13.8 Å². The summed E-state index contributed by atoms with van der Waals surface area (Å²) in [5, 5.41) is 10.1. The summed E-state index contributed by atoms with van der Waals surface area (Å²) in [6.45, 7) is 3.94.